The van der Waals surface area contributed by atoms with Gasteiger partial charge in [-0.15, -0.1) is 12.4 Å². The van der Waals surface area contributed by atoms with Crippen LogP contribution in [0.15, 0.2) is 30.3 Å². The van der Waals surface area contributed by atoms with Gasteiger partial charge in [-0.2, -0.15) is 0 Å². The highest BCUT2D eigenvalue weighted by Crippen LogP contribution is 2.36. The van der Waals surface area contributed by atoms with Gasteiger partial charge in [-0.25, -0.2) is 0 Å². The van der Waals surface area contributed by atoms with Crippen LogP contribution in [-0.2, 0) is 4.79 Å². The summed E-state index contributed by atoms with van der Waals surface area (Å²) in [4.78, 5) is 14.2. The normalized spacial score (nSPS) is 19.7. The Morgan fingerprint density at radius 3 is 2.55 bits per heavy atom. The maximum Gasteiger partial charge on any atom is 0.225 e. The molecule has 4 nitrogen and oxygen atoms in total. The number of ether oxygens (including phenoxy) is 1. The maximum absolute atomic E-state index is 12.2. The van der Waals surface area contributed by atoms with Crippen LogP contribution in [0.25, 0.3) is 0 Å². The van der Waals surface area contributed by atoms with Crippen LogP contribution in [0.5, 0.6) is 5.75 Å². The van der Waals surface area contributed by atoms with Gasteiger partial charge in [-0.05, 0) is 43.4 Å². The minimum atomic E-state index is 0. The van der Waals surface area contributed by atoms with Gasteiger partial charge in [0.2, 0.25) is 5.91 Å². The molecule has 0 aliphatic carbocycles. The van der Waals surface area contributed by atoms with Gasteiger partial charge in [0.1, 0.15) is 5.75 Å². The average Bonchev–Trinajstić information content (AvgIpc) is 2.97. The quantitative estimate of drug-likeness (QED) is 0.925. The summed E-state index contributed by atoms with van der Waals surface area (Å²) in [7, 11) is 0. The molecule has 0 unspecified atom stereocenters. The summed E-state index contributed by atoms with van der Waals surface area (Å²) >= 11 is 0. The molecule has 0 aromatic heterocycles. The molecule has 0 saturated carbocycles. The van der Waals surface area contributed by atoms with Crippen LogP contribution >= 0.6 is 12.4 Å². The molecular formula is C17H25ClN2O2. The SMILES string of the molecule is Cl.O=C(CCOc1ccccc1)N1CCC2(CCNC2)CC1. The molecule has 1 spiro atoms. The van der Waals surface area contributed by atoms with E-state index in [4.69, 9.17) is 4.74 Å². The number of carbonyl (C=O) groups is 1. The van der Waals surface area contributed by atoms with Crippen molar-refractivity contribution < 1.29 is 9.53 Å². The zero-order chi connectivity index (χ0) is 14.5. The van der Waals surface area contributed by atoms with Crippen LogP contribution in [0, 0.1) is 5.41 Å². The molecule has 2 fully saturated rings. The van der Waals surface area contributed by atoms with Crippen LogP contribution in [0.4, 0.5) is 0 Å². The number of hydrogen-bond donors (Lipinski definition) is 1. The number of amides is 1. The van der Waals surface area contributed by atoms with E-state index in [0.29, 0.717) is 18.4 Å². The fourth-order valence-electron chi connectivity index (χ4n) is 3.38. The second-order valence-corrected chi connectivity index (χ2v) is 6.22. The summed E-state index contributed by atoms with van der Waals surface area (Å²) in [5.41, 5.74) is 0.470. The summed E-state index contributed by atoms with van der Waals surface area (Å²) in [6, 6.07) is 9.68. The molecular weight excluding hydrogens is 300 g/mol. The van der Waals surface area contributed by atoms with Gasteiger partial charge in [0, 0.05) is 19.6 Å². The Kier molecular flexibility index (Phi) is 6.09. The standard InChI is InChI=1S/C17H24N2O2.ClH/c20-16(6-13-21-15-4-2-1-3-5-15)19-11-8-17(9-12-19)7-10-18-14-17;/h1-5,18H,6-14H2;1H. The molecule has 0 radical (unpaired) electrons. The first-order chi connectivity index (χ1) is 10.3. The number of halogens is 1. The minimum Gasteiger partial charge on any atom is -0.493 e. The lowest BCUT2D eigenvalue weighted by Crippen LogP contribution is -2.44. The van der Waals surface area contributed by atoms with E-state index in [9.17, 15) is 4.79 Å². The Bertz CT molecular complexity index is 465. The summed E-state index contributed by atoms with van der Waals surface area (Å²) in [5, 5.41) is 3.46. The first-order valence-electron chi connectivity index (χ1n) is 7.94. The van der Waals surface area contributed by atoms with Crippen molar-refractivity contribution in [1.29, 1.82) is 0 Å². The number of piperidine rings is 1. The van der Waals surface area contributed by atoms with Crippen LogP contribution in [0.1, 0.15) is 25.7 Å². The van der Waals surface area contributed by atoms with Crippen molar-refractivity contribution in [1.82, 2.24) is 10.2 Å². The molecule has 1 aromatic rings. The third kappa shape index (κ3) is 4.14. The lowest BCUT2D eigenvalue weighted by molar-refractivity contribution is -0.133. The van der Waals surface area contributed by atoms with Crippen LogP contribution in [0.3, 0.4) is 0 Å². The van der Waals surface area contributed by atoms with Gasteiger partial charge in [-0.3, -0.25) is 4.79 Å². The van der Waals surface area contributed by atoms with E-state index >= 15 is 0 Å². The van der Waals surface area contributed by atoms with Crippen molar-refractivity contribution in [2.24, 2.45) is 5.41 Å². The van der Waals surface area contributed by atoms with Crippen molar-refractivity contribution in [2.45, 2.75) is 25.7 Å². The molecule has 2 saturated heterocycles. The predicted molar refractivity (Wildman–Crippen MR) is 89.5 cm³/mol. The van der Waals surface area contributed by atoms with Crippen molar-refractivity contribution in [3.63, 3.8) is 0 Å². The maximum atomic E-state index is 12.2. The van der Waals surface area contributed by atoms with Crippen LogP contribution in [0.2, 0.25) is 0 Å². The number of rotatable bonds is 4. The van der Waals surface area contributed by atoms with Gasteiger partial charge in [0.15, 0.2) is 0 Å². The highest BCUT2D eigenvalue weighted by molar-refractivity contribution is 5.85. The van der Waals surface area contributed by atoms with Crippen molar-refractivity contribution in [3.05, 3.63) is 30.3 Å². The molecule has 5 heteroatoms. The smallest absolute Gasteiger partial charge is 0.225 e. The predicted octanol–water partition coefficient (Wildman–Crippen LogP) is 2.48. The monoisotopic (exact) mass is 324 g/mol. The highest BCUT2D eigenvalue weighted by atomic mass is 35.5. The molecule has 0 atom stereocenters. The van der Waals surface area contributed by atoms with Gasteiger partial charge >= 0.3 is 0 Å². The number of nitrogens with one attached hydrogen (secondary N) is 1. The third-order valence-electron chi connectivity index (χ3n) is 4.84. The van der Waals surface area contributed by atoms with Crippen molar-refractivity contribution >= 4 is 18.3 Å². The number of likely N-dealkylation sites (tertiary alicyclic amines) is 1. The van der Waals surface area contributed by atoms with E-state index in [1.165, 1.54) is 6.42 Å². The first-order valence-corrected chi connectivity index (χ1v) is 7.94. The molecule has 1 N–H and O–H groups in total. The number of para-hydroxylation sites is 1. The fourth-order valence-corrected chi connectivity index (χ4v) is 3.38. The molecule has 3 rings (SSSR count). The van der Waals surface area contributed by atoms with Gasteiger partial charge in [0.05, 0.1) is 13.0 Å². The fraction of sp³-hybridized carbons (Fsp3) is 0.588. The number of carbonyl (C=O) groups excluding carboxylic acids is 1. The highest BCUT2D eigenvalue weighted by Gasteiger charge is 2.37. The van der Waals surface area contributed by atoms with E-state index in [0.717, 1.165) is 44.8 Å². The van der Waals surface area contributed by atoms with Crippen molar-refractivity contribution in [3.8, 4) is 5.75 Å². The topological polar surface area (TPSA) is 41.6 Å². The average molecular weight is 325 g/mol. The molecule has 2 heterocycles. The molecule has 22 heavy (non-hydrogen) atoms. The summed E-state index contributed by atoms with van der Waals surface area (Å²) < 4.78 is 5.60. The molecule has 122 valence electrons. The number of nitrogens with zero attached hydrogens (tertiary/aromatic N) is 1. The van der Waals surface area contributed by atoms with E-state index in [1.807, 2.05) is 35.2 Å². The Hall–Kier alpha value is -1.26. The first kappa shape index (κ1) is 17.1. The summed E-state index contributed by atoms with van der Waals surface area (Å²) in [6.07, 6.45) is 4.03. The minimum absolute atomic E-state index is 0. The van der Waals surface area contributed by atoms with Crippen LogP contribution in [-0.4, -0.2) is 43.6 Å². The van der Waals surface area contributed by atoms with Crippen molar-refractivity contribution in [2.75, 3.05) is 32.8 Å². The lowest BCUT2D eigenvalue weighted by atomic mass is 9.78. The number of benzene rings is 1. The molecule has 1 amide bonds. The molecule has 0 bridgehead atoms. The van der Waals surface area contributed by atoms with E-state index in [-0.39, 0.29) is 18.3 Å². The zero-order valence-corrected chi connectivity index (χ0v) is 13.7. The Balaban J connectivity index is 0.00000176. The zero-order valence-electron chi connectivity index (χ0n) is 12.9. The second kappa shape index (κ2) is 7.84. The Labute approximate surface area is 138 Å². The molecule has 1 aromatic carbocycles. The second-order valence-electron chi connectivity index (χ2n) is 6.22. The van der Waals surface area contributed by atoms with E-state index in [2.05, 4.69) is 5.32 Å². The van der Waals surface area contributed by atoms with E-state index < -0.39 is 0 Å². The van der Waals surface area contributed by atoms with Gasteiger partial charge in [-0.1, -0.05) is 18.2 Å². The largest absolute Gasteiger partial charge is 0.493 e. The Morgan fingerprint density at radius 2 is 1.91 bits per heavy atom. The molecule has 2 aliphatic heterocycles. The van der Waals surface area contributed by atoms with Crippen LogP contribution < -0.4 is 10.1 Å². The van der Waals surface area contributed by atoms with Gasteiger partial charge < -0.3 is 15.0 Å². The van der Waals surface area contributed by atoms with E-state index in [1.54, 1.807) is 0 Å². The Morgan fingerprint density at radius 1 is 1.18 bits per heavy atom. The summed E-state index contributed by atoms with van der Waals surface area (Å²) in [5.74, 6) is 1.06. The molecule has 2 aliphatic rings. The lowest BCUT2D eigenvalue weighted by Gasteiger charge is -2.38. The number of hydrogen-bond acceptors (Lipinski definition) is 3. The van der Waals surface area contributed by atoms with Gasteiger partial charge in [0.25, 0.3) is 0 Å². The third-order valence-corrected chi connectivity index (χ3v) is 4.84. The summed E-state index contributed by atoms with van der Waals surface area (Å²) in [6.45, 7) is 4.55.